The first kappa shape index (κ1) is 22.5. The summed E-state index contributed by atoms with van der Waals surface area (Å²) >= 11 is 0. The van der Waals surface area contributed by atoms with Gasteiger partial charge in [-0.15, -0.1) is 24.0 Å². The molecule has 23 heavy (non-hydrogen) atoms. The van der Waals surface area contributed by atoms with Gasteiger partial charge in [0.25, 0.3) is 0 Å². The fraction of sp³-hybridized carbons (Fsp3) is 0.882. The van der Waals surface area contributed by atoms with E-state index in [0.29, 0.717) is 12.6 Å². The molecule has 1 rings (SSSR count). The second-order valence-corrected chi connectivity index (χ2v) is 7.44. The normalized spacial score (nSPS) is 22.4. The fourth-order valence-corrected chi connectivity index (χ4v) is 2.80. The van der Waals surface area contributed by atoms with Crippen molar-refractivity contribution in [1.82, 2.24) is 10.6 Å². The molecular formula is C17H35IN4O. The van der Waals surface area contributed by atoms with Gasteiger partial charge in [-0.05, 0) is 58.3 Å². The lowest BCUT2D eigenvalue weighted by atomic mass is 9.80. The smallest absolute Gasteiger partial charge is 0.224 e. The molecule has 0 radical (unpaired) electrons. The number of rotatable bonds is 6. The lowest BCUT2D eigenvalue weighted by molar-refractivity contribution is -0.125. The molecule has 0 bridgehead atoms. The first-order valence-corrected chi connectivity index (χ1v) is 8.61. The summed E-state index contributed by atoms with van der Waals surface area (Å²) < 4.78 is 0. The molecule has 1 aliphatic rings. The van der Waals surface area contributed by atoms with Crippen LogP contribution in [0.2, 0.25) is 0 Å². The van der Waals surface area contributed by atoms with Crippen molar-refractivity contribution in [3.8, 4) is 0 Å². The molecule has 0 unspecified atom stereocenters. The number of hydrogen-bond donors (Lipinski definition) is 3. The Bertz CT molecular complexity index is 388. The third kappa shape index (κ3) is 7.72. The van der Waals surface area contributed by atoms with Crippen LogP contribution in [0.3, 0.4) is 0 Å². The molecule has 0 atom stereocenters. The molecular weight excluding hydrogens is 403 g/mol. The average molecular weight is 438 g/mol. The number of nitrogens with one attached hydrogen (secondary N) is 2. The van der Waals surface area contributed by atoms with Gasteiger partial charge in [0.05, 0.1) is 12.0 Å². The molecule has 0 aromatic carbocycles. The van der Waals surface area contributed by atoms with Gasteiger partial charge < -0.3 is 16.4 Å². The molecule has 1 fully saturated rings. The molecule has 1 saturated carbocycles. The summed E-state index contributed by atoms with van der Waals surface area (Å²) in [7, 11) is 0. The molecule has 136 valence electrons. The molecule has 0 aromatic heterocycles. The maximum absolute atomic E-state index is 11.4. The Morgan fingerprint density at radius 1 is 1.26 bits per heavy atom. The molecule has 0 spiro atoms. The number of guanidine groups is 1. The zero-order chi connectivity index (χ0) is 16.8. The predicted octanol–water partition coefficient (Wildman–Crippen LogP) is 2.89. The van der Waals surface area contributed by atoms with Crippen LogP contribution in [0.25, 0.3) is 0 Å². The van der Waals surface area contributed by atoms with Gasteiger partial charge in [-0.1, -0.05) is 13.8 Å². The van der Waals surface area contributed by atoms with Crippen LogP contribution in [-0.4, -0.2) is 31.0 Å². The largest absolute Gasteiger partial charge is 0.369 e. The van der Waals surface area contributed by atoms with E-state index in [-0.39, 0.29) is 29.9 Å². The van der Waals surface area contributed by atoms with Gasteiger partial charge in [-0.3, -0.25) is 9.79 Å². The van der Waals surface area contributed by atoms with E-state index in [1.807, 2.05) is 20.8 Å². The van der Waals surface area contributed by atoms with Crippen LogP contribution in [-0.2, 0) is 4.79 Å². The van der Waals surface area contributed by atoms with E-state index in [1.165, 1.54) is 25.7 Å². The summed E-state index contributed by atoms with van der Waals surface area (Å²) in [5.74, 6) is 2.11. The van der Waals surface area contributed by atoms with Crippen molar-refractivity contribution in [2.75, 3.05) is 13.1 Å². The number of aliphatic imine (C=N–C) groups is 1. The van der Waals surface area contributed by atoms with Gasteiger partial charge in [0.2, 0.25) is 5.91 Å². The van der Waals surface area contributed by atoms with Crippen molar-refractivity contribution >= 4 is 35.8 Å². The third-order valence-electron chi connectivity index (χ3n) is 4.70. The Labute approximate surface area is 158 Å². The van der Waals surface area contributed by atoms with E-state index in [1.54, 1.807) is 0 Å². The number of amides is 1. The summed E-state index contributed by atoms with van der Waals surface area (Å²) in [5.41, 5.74) is 4.80. The van der Waals surface area contributed by atoms with Crippen LogP contribution in [0.15, 0.2) is 4.99 Å². The van der Waals surface area contributed by atoms with Crippen molar-refractivity contribution in [3.63, 3.8) is 0 Å². The first-order chi connectivity index (χ1) is 10.3. The Kier molecular flexibility index (Phi) is 10.1. The number of carbonyl (C=O) groups is 1. The summed E-state index contributed by atoms with van der Waals surface area (Å²) in [5, 5.41) is 6.78. The van der Waals surface area contributed by atoms with Crippen molar-refractivity contribution in [3.05, 3.63) is 0 Å². The second-order valence-electron chi connectivity index (χ2n) is 7.44. The summed E-state index contributed by atoms with van der Waals surface area (Å²) in [6, 6.07) is 0.476. The van der Waals surface area contributed by atoms with Crippen molar-refractivity contribution in [2.45, 2.75) is 66.3 Å². The first-order valence-electron chi connectivity index (χ1n) is 8.61. The predicted molar refractivity (Wildman–Crippen MR) is 108 cm³/mol. The minimum absolute atomic E-state index is 0. The Balaban J connectivity index is 0.00000484. The lowest BCUT2D eigenvalue weighted by Crippen LogP contribution is -2.46. The van der Waals surface area contributed by atoms with Crippen LogP contribution >= 0.6 is 24.0 Å². The number of hydrogen-bond acceptors (Lipinski definition) is 2. The maximum atomic E-state index is 11.4. The van der Waals surface area contributed by atoms with Crippen molar-refractivity contribution in [1.29, 1.82) is 0 Å². The topological polar surface area (TPSA) is 79.5 Å². The van der Waals surface area contributed by atoms with E-state index < -0.39 is 5.41 Å². The summed E-state index contributed by atoms with van der Waals surface area (Å²) in [6.45, 7) is 11.5. The van der Waals surface area contributed by atoms with E-state index in [0.717, 1.165) is 24.3 Å². The SMILES string of the molecule is CCNC(=NCC(C)(C)C(N)=O)NC1CCC(C(C)C)CC1.I. The highest BCUT2D eigenvalue weighted by Gasteiger charge is 2.26. The molecule has 1 amide bonds. The Morgan fingerprint density at radius 3 is 2.26 bits per heavy atom. The molecule has 0 heterocycles. The van der Waals surface area contributed by atoms with Gasteiger partial charge in [0, 0.05) is 12.6 Å². The highest BCUT2D eigenvalue weighted by Crippen LogP contribution is 2.29. The van der Waals surface area contributed by atoms with Crippen LogP contribution in [0.4, 0.5) is 0 Å². The van der Waals surface area contributed by atoms with Crippen LogP contribution in [0, 0.1) is 17.3 Å². The summed E-state index contributed by atoms with van der Waals surface area (Å²) in [4.78, 5) is 15.9. The standard InChI is InChI=1S/C17H34N4O.HI/c1-6-19-16(20-11-17(4,5)15(18)22)21-14-9-7-13(8-10-14)12(2)3;/h12-14H,6-11H2,1-5H3,(H2,18,22)(H2,19,20,21);1H. The van der Waals surface area contributed by atoms with Gasteiger partial charge >= 0.3 is 0 Å². The molecule has 1 aliphatic carbocycles. The monoisotopic (exact) mass is 438 g/mol. The second kappa shape index (κ2) is 10.4. The molecule has 0 aromatic rings. The van der Waals surface area contributed by atoms with Crippen LogP contribution in [0.5, 0.6) is 0 Å². The quantitative estimate of drug-likeness (QED) is 0.339. The number of carbonyl (C=O) groups excluding carboxylic acids is 1. The number of primary amides is 1. The Hall–Kier alpha value is -0.530. The van der Waals surface area contributed by atoms with E-state index in [2.05, 4.69) is 29.5 Å². The van der Waals surface area contributed by atoms with E-state index in [9.17, 15) is 4.79 Å². The molecule has 6 heteroatoms. The number of nitrogens with zero attached hydrogens (tertiary/aromatic N) is 1. The van der Waals surface area contributed by atoms with Gasteiger partial charge in [0.1, 0.15) is 0 Å². The van der Waals surface area contributed by atoms with Gasteiger partial charge in [0.15, 0.2) is 5.96 Å². The zero-order valence-electron chi connectivity index (χ0n) is 15.3. The minimum atomic E-state index is -0.613. The maximum Gasteiger partial charge on any atom is 0.224 e. The summed E-state index contributed by atoms with van der Waals surface area (Å²) in [6.07, 6.45) is 4.93. The average Bonchev–Trinajstić information content (AvgIpc) is 2.45. The van der Waals surface area contributed by atoms with Crippen LogP contribution in [0.1, 0.15) is 60.3 Å². The molecule has 0 saturated heterocycles. The lowest BCUT2D eigenvalue weighted by Gasteiger charge is -2.32. The van der Waals surface area contributed by atoms with Gasteiger partial charge in [-0.25, -0.2) is 0 Å². The number of halogens is 1. The van der Waals surface area contributed by atoms with Crippen molar-refractivity contribution in [2.24, 2.45) is 28.0 Å². The molecule has 4 N–H and O–H groups in total. The van der Waals surface area contributed by atoms with E-state index in [4.69, 9.17) is 5.73 Å². The Morgan fingerprint density at radius 2 is 1.83 bits per heavy atom. The highest BCUT2D eigenvalue weighted by atomic mass is 127. The highest BCUT2D eigenvalue weighted by molar-refractivity contribution is 14.0. The minimum Gasteiger partial charge on any atom is -0.369 e. The van der Waals surface area contributed by atoms with E-state index >= 15 is 0 Å². The fourth-order valence-electron chi connectivity index (χ4n) is 2.80. The molecule has 5 nitrogen and oxygen atoms in total. The third-order valence-corrected chi connectivity index (χ3v) is 4.70. The number of nitrogens with two attached hydrogens (primary N) is 1. The van der Waals surface area contributed by atoms with Crippen molar-refractivity contribution < 1.29 is 4.79 Å². The van der Waals surface area contributed by atoms with Gasteiger partial charge in [-0.2, -0.15) is 0 Å². The van der Waals surface area contributed by atoms with Crippen LogP contribution < -0.4 is 16.4 Å². The molecule has 0 aliphatic heterocycles. The zero-order valence-corrected chi connectivity index (χ0v) is 17.6.